The summed E-state index contributed by atoms with van der Waals surface area (Å²) in [7, 11) is 0. The van der Waals surface area contributed by atoms with Gasteiger partial charge in [-0.05, 0) is 12.0 Å². The van der Waals surface area contributed by atoms with Crippen molar-refractivity contribution in [2.45, 2.75) is 13.3 Å². The molecule has 0 aliphatic rings. The third-order valence-electron chi connectivity index (χ3n) is 2.11. The predicted octanol–water partition coefficient (Wildman–Crippen LogP) is 2.67. The molecule has 1 N–H and O–H groups in total. The SMILES string of the molecule is CCc1[nH]c(=O)sc1-c1ccccc1. The van der Waals surface area contributed by atoms with Crippen LogP contribution in [0.2, 0.25) is 0 Å². The summed E-state index contributed by atoms with van der Waals surface area (Å²) in [6, 6.07) is 10.00. The Kier molecular flexibility index (Phi) is 2.50. The zero-order valence-electron chi connectivity index (χ0n) is 7.91. The van der Waals surface area contributed by atoms with Crippen LogP contribution in [0, 0.1) is 0 Å². The van der Waals surface area contributed by atoms with E-state index in [0.29, 0.717) is 0 Å². The van der Waals surface area contributed by atoms with Gasteiger partial charge in [-0.15, -0.1) is 0 Å². The van der Waals surface area contributed by atoms with Crippen LogP contribution in [-0.2, 0) is 6.42 Å². The number of aryl methyl sites for hydroxylation is 1. The highest BCUT2D eigenvalue weighted by atomic mass is 32.1. The Morgan fingerprint density at radius 2 is 2.00 bits per heavy atom. The molecule has 0 aliphatic heterocycles. The largest absolute Gasteiger partial charge is 0.316 e. The van der Waals surface area contributed by atoms with E-state index < -0.39 is 0 Å². The van der Waals surface area contributed by atoms with Crippen molar-refractivity contribution in [2.24, 2.45) is 0 Å². The molecule has 0 radical (unpaired) electrons. The first-order valence-electron chi connectivity index (χ1n) is 4.58. The number of thiazole rings is 1. The van der Waals surface area contributed by atoms with Crippen LogP contribution in [0.5, 0.6) is 0 Å². The van der Waals surface area contributed by atoms with Crippen molar-refractivity contribution in [3.8, 4) is 10.4 Å². The van der Waals surface area contributed by atoms with Crippen molar-refractivity contribution in [2.75, 3.05) is 0 Å². The van der Waals surface area contributed by atoms with Gasteiger partial charge < -0.3 is 4.98 Å². The molecular formula is C11H11NOS. The molecule has 0 saturated carbocycles. The fourth-order valence-corrected chi connectivity index (χ4v) is 2.36. The fourth-order valence-electron chi connectivity index (χ4n) is 1.43. The second kappa shape index (κ2) is 3.80. The van der Waals surface area contributed by atoms with Gasteiger partial charge in [-0.3, -0.25) is 4.79 Å². The molecule has 1 aromatic carbocycles. The lowest BCUT2D eigenvalue weighted by atomic mass is 10.1. The lowest BCUT2D eigenvalue weighted by Crippen LogP contribution is -1.93. The van der Waals surface area contributed by atoms with Gasteiger partial charge in [-0.2, -0.15) is 0 Å². The third-order valence-corrected chi connectivity index (χ3v) is 3.09. The number of aromatic amines is 1. The summed E-state index contributed by atoms with van der Waals surface area (Å²) < 4.78 is 0. The van der Waals surface area contributed by atoms with Gasteiger partial charge in [0.05, 0.1) is 4.88 Å². The molecule has 0 amide bonds. The molecule has 72 valence electrons. The van der Waals surface area contributed by atoms with E-state index in [1.165, 1.54) is 11.3 Å². The zero-order chi connectivity index (χ0) is 9.97. The first kappa shape index (κ1) is 9.21. The molecule has 0 aliphatic carbocycles. The van der Waals surface area contributed by atoms with Crippen molar-refractivity contribution in [1.29, 1.82) is 0 Å². The van der Waals surface area contributed by atoms with Crippen LogP contribution in [-0.4, -0.2) is 4.98 Å². The summed E-state index contributed by atoms with van der Waals surface area (Å²) in [5.74, 6) is 0. The summed E-state index contributed by atoms with van der Waals surface area (Å²) in [6.07, 6.45) is 0.864. The molecule has 2 nitrogen and oxygen atoms in total. The number of nitrogens with one attached hydrogen (secondary N) is 1. The molecule has 2 rings (SSSR count). The molecule has 0 unspecified atom stereocenters. The number of benzene rings is 1. The number of hydrogen-bond acceptors (Lipinski definition) is 2. The van der Waals surface area contributed by atoms with Gasteiger partial charge in [0, 0.05) is 5.69 Å². The molecule has 3 heteroatoms. The van der Waals surface area contributed by atoms with E-state index in [-0.39, 0.29) is 4.87 Å². The van der Waals surface area contributed by atoms with Crippen LogP contribution >= 0.6 is 11.3 Å². The molecule has 1 aromatic heterocycles. The average molecular weight is 205 g/mol. The first-order chi connectivity index (χ1) is 6.81. The van der Waals surface area contributed by atoms with Crippen molar-refractivity contribution < 1.29 is 0 Å². The minimum atomic E-state index is 0.0284. The standard InChI is InChI=1S/C11H11NOS/c1-2-9-10(14-11(13)12-9)8-6-4-3-5-7-8/h3-7H,2H2,1H3,(H,12,13). The smallest absolute Gasteiger partial charge is 0.305 e. The number of rotatable bonds is 2. The topological polar surface area (TPSA) is 32.9 Å². The van der Waals surface area contributed by atoms with Crippen LogP contribution in [0.1, 0.15) is 12.6 Å². The predicted molar refractivity (Wildman–Crippen MR) is 59.8 cm³/mol. The van der Waals surface area contributed by atoms with Gasteiger partial charge in [-0.1, -0.05) is 48.6 Å². The molecule has 0 bridgehead atoms. The van der Waals surface area contributed by atoms with E-state index in [4.69, 9.17) is 0 Å². The van der Waals surface area contributed by atoms with E-state index in [9.17, 15) is 4.79 Å². The van der Waals surface area contributed by atoms with Gasteiger partial charge in [0.2, 0.25) is 0 Å². The van der Waals surface area contributed by atoms with Crippen molar-refractivity contribution in [1.82, 2.24) is 4.98 Å². The summed E-state index contributed by atoms with van der Waals surface area (Å²) in [5.41, 5.74) is 2.15. The van der Waals surface area contributed by atoms with Gasteiger partial charge in [0.25, 0.3) is 0 Å². The Morgan fingerprint density at radius 1 is 1.29 bits per heavy atom. The highest BCUT2D eigenvalue weighted by Gasteiger charge is 2.07. The molecule has 0 spiro atoms. The minimum Gasteiger partial charge on any atom is -0.316 e. The first-order valence-corrected chi connectivity index (χ1v) is 5.40. The van der Waals surface area contributed by atoms with Gasteiger partial charge in [-0.25, -0.2) is 0 Å². The molecule has 0 atom stereocenters. The van der Waals surface area contributed by atoms with E-state index in [1.807, 2.05) is 37.3 Å². The maximum atomic E-state index is 11.2. The van der Waals surface area contributed by atoms with Crippen LogP contribution in [0.15, 0.2) is 35.1 Å². The number of H-pyrrole nitrogens is 1. The summed E-state index contributed by atoms with van der Waals surface area (Å²) in [4.78, 5) is 15.2. The quantitative estimate of drug-likeness (QED) is 0.803. The molecule has 14 heavy (non-hydrogen) atoms. The minimum absolute atomic E-state index is 0.0284. The Balaban J connectivity index is 2.56. The monoisotopic (exact) mass is 205 g/mol. The van der Waals surface area contributed by atoms with Crippen LogP contribution < -0.4 is 4.87 Å². The van der Waals surface area contributed by atoms with E-state index in [0.717, 1.165) is 22.6 Å². The van der Waals surface area contributed by atoms with Crippen LogP contribution in [0.3, 0.4) is 0 Å². The van der Waals surface area contributed by atoms with Crippen LogP contribution in [0.4, 0.5) is 0 Å². The van der Waals surface area contributed by atoms with Crippen molar-refractivity contribution >= 4 is 11.3 Å². The molecular weight excluding hydrogens is 194 g/mol. The Bertz CT molecular complexity index is 470. The zero-order valence-corrected chi connectivity index (χ0v) is 8.73. The van der Waals surface area contributed by atoms with E-state index in [1.54, 1.807) is 0 Å². The highest BCUT2D eigenvalue weighted by Crippen LogP contribution is 2.24. The van der Waals surface area contributed by atoms with Crippen molar-refractivity contribution in [3.05, 3.63) is 45.7 Å². The Morgan fingerprint density at radius 3 is 2.64 bits per heavy atom. The molecule has 1 heterocycles. The van der Waals surface area contributed by atoms with E-state index in [2.05, 4.69) is 4.98 Å². The summed E-state index contributed by atoms with van der Waals surface area (Å²) >= 11 is 1.28. The Labute approximate surface area is 86.2 Å². The van der Waals surface area contributed by atoms with Gasteiger partial charge in [0.15, 0.2) is 0 Å². The Hall–Kier alpha value is -1.35. The summed E-state index contributed by atoms with van der Waals surface area (Å²) in [5, 5.41) is 0. The maximum Gasteiger partial charge on any atom is 0.305 e. The molecule has 2 aromatic rings. The molecule has 0 saturated heterocycles. The average Bonchev–Trinajstić information content (AvgIpc) is 2.61. The number of aromatic nitrogens is 1. The van der Waals surface area contributed by atoms with Gasteiger partial charge >= 0.3 is 4.87 Å². The molecule has 0 fully saturated rings. The van der Waals surface area contributed by atoms with Gasteiger partial charge in [0.1, 0.15) is 0 Å². The third kappa shape index (κ3) is 1.63. The lowest BCUT2D eigenvalue weighted by molar-refractivity contribution is 1.05. The normalized spacial score (nSPS) is 10.4. The number of hydrogen-bond donors (Lipinski definition) is 1. The second-order valence-electron chi connectivity index (χ2n) is 3.04. The highest BCUT2D eigenvalue weighted by molar-refractivity contribution is 7.13. The van der Waals surface area contributed by atoms with E-state index >= 15 is 0 Å². The summed E-state index contributed by atoms with van der Waals surface area (Å²) in [6.45, 7) is 2.05. The fraction of sp³-hybridized carbons (Fsp3) is 0.182. The maximum absolute atomic E-state index is 11.2. The lowest BCUT2D eigenvalue weighted by Gasteiger charge is -1.98. The van der Waals surface area contributed by atoms with Crippen molar-refractivity contribution in [3.63, 3.8) is 0 Å². The second-order valence-corrected chi connectivity index (χ2v) is 4.02. The van der Waals surface area contributed by atoms with Crippen LogP contribution in [0.25, 0.3) is 10.4 Å².